The van der Waals surface area contributed by atoms with E-state index in [4.69, 9.17) is 4.52 Å². The fourth-order valence-electron chi connectivity index (χ4n) is 4.96. The Morgan fingerprint density at radius 3 is 2.32 bits per heavy atom. The molecule has 9 nitrogen and oxygen atoms in total. The number of benzene rings is 1. The number of fused-ring (bicyclic) bond motifs is 2. The fraction of sp³-hybridized carbons (Fsp3) is 0.500. The summed E-state index contributed by atoms with van der Waals surface area (Å²) < 4.78 is 60.3. The number of carbonyl (C=O) groups excluding carboxylic acids is 1. The average Bonchev–Trinajstić information content (AvgIpc) is 3.22. The summed E-state index contributed by atoms with van der Waals surface area (Å²) >= 11 is 0. The highest BCUT2D eigenvalue weighted by atomic mass is 32.2. The number of aryl methyl sites for hydroxylation is 1. The monoisotopic (exact) mass is 467 g/mol. The van der Waals surface area contributed by atoms with Gasteiger partial charge in [-0.3, -0.25) is 14.2 Å². The van der Waals surface area contributed by atoms with Crippen LogP contribution in [-0.2, 0) is 24.8 Å². The molecule has 1 aromatic heterocycles. The van der Waals surface area contributed by atoms with E-state index in [2.05, 4.69) is 14.6 Å². The van der Waals surface area contributed by atoms with Crippen LogP contribution in [0, 0.1) is 23.7 Å². The molecule has 1 aromatic carbocycles. The van der Waals surface area contributed by atoms with Gasteiger partial charge in [0.2, 0.25) is 10.0 Å². The Hall–Kier alpha value is -2.40. The second kappa shape index (κ2) is 7.06. The molecule has 31 heavy (non-hydrogen) atoms. The lowest BCUT2D eigenvalue weighted by Gasteiger charge is -2.36. The maximum absolute atomic E-state index is 12.9. The van der Waals surface area contributed by atoms with E-state index in [9.17, 15) is 21.6 Å². The highest BCUT2D eigenvalue weighted by Gasteiger charge is 2.65. The summed E-state index contributed by atoms with van der Waals surface area (Å²) in [6, 6.07) is 6.77. The predicted octanol–water partition coefficient (Wildman–Crippen LogP) is 2.92. The van der Waals surface area contributed by atoms with Crippen molar-refractivity contribution in [1.82, 2.24) is 5.16 Å². The molecule has 2 aliphatic rings. The van der Waals surface area contributed by atoms with Gasteiger partial charge >= 0.3 is 0 Å². The number of nitrogens with zero attached hydrogens (tertiary/aromatic N) is 1. The van der Waals surface area contributed by atoms with E-state index in [1.165, 1.54) is 30.3 Å². The molecule has 2 atom stereocenters. The molecule has 2 fully saturated rings. The number of aromatic nitrogens is 1. The second-order valence-electron chi connectivity index (χ2n) is 8.98. The zero-order chi connectivity index (χ0) is 22.7. The molecule has 0 amide bonds. The lowest BCUT2D eigenvalue weighted by Crippen LogP contribution is -2.43. The average molecular weight is 468 g/mol. The largest absolute Gasteiger partial charge is 0.360 e. The van der Waals surface area contributed by atoms with Crippen LogP contribution in [0.5, 0.6) is 0 Å². The number of hydrogen-bond donors (Lipinski definition) is 2. The predicted molar refractivity (Wildman–Crippen MR) is 114 cm³/mol. The maximum atomic E-state index is 12.9. The van der Waals surface area contributed by atoms with Crippen LogP contribution < -0.4 is 9.44 Å². The minimum absolute atomic E-state index is 0.0229. The van der Waals surface area contributed by atoms with Crippen molar-refractivity contribution in [2.24, 2.45) is 16.7 Å². The van der Waals surface area contributed by atoms with Gasteiger partial charge < -0.3 is 4.52 Å². The van der Waals surface area contributed by atoms with Crippen LogP contribution in [0.3, 0.4) is 0 Å². The Morgan fingerprint density at radius 1 is 1.13 bits per heavy atom. The summed E-state index contributed by atoms with van der Waals surface area (Å²) in [4.78, 5) is 12.6. The number of ketones is 1. The third-order valence-corrected chi connectivity index (χ3v) is 9.67. The molecule has 2 saturated carbocycles. The highest BCUT2D eigenvalue weighted by Crippen LogP contribution is 2.64. The Bertz CT molecular complexity index is 1230. The number of Topliss-reactive ketones (excluding diaryl/α,β-unsaturated/α-hetero) is 1. The Balaban J connectivity index is 1.49. The van der Waals surface area contributed by atoms with Crippen molar-refractivity contribution in [3.8, 4) is 0 Å². The summed E-state index contributed by atoms with van der Waals surface area (Å²) in [6.45, 7) is 5.60. The van der Waals surface area contributed by atoms with E-state index in [1.807, 2.05) is 13.8 Å². The first kappa shape index (κ1) is 21.8. The number of hydrogen-bond acceptors (Lipinski definition) is 7. The highest BCUT2D eigenvalue weighted by molar-refractivity contribution is 7.93. The fourth-order valence-corrected chi connectivity index (χ4v) is 7.84. The topological polar surface area (TPSA) is 135 Å². The molecular formula is C20H25N3O6S2. The maximum Gasteiger partial charge on any atom is 0.263 e. The molecule has 2 aromatic rings. The molecule has 2 bridgehead atoms. The van der Waals surface area contributed by atoms with Crippen LogP contribution in [0.4, 0.5) is 11.5 Å². The van der Waals surface area contributed by atoms with Crippen LogP contribution in [-0.4, -0.2) is 33.5 Å². The first-order chi connectivity index (χ1) is 14.3. The molecule has 1 heterocycles. The van der Waals surface area contributed by atoms with E-state index in [0.717, 1.165) is 6.42 Å². The number of carbonyl (C=O) groups is 1. The van der Waals surface area contributed by atoms with Gasteiger partial charge in [0, 0.05) is 18.2 Å². The first-order valence-electron chi connectivity index (χ1n) is 9.95. The summed E-state index contributed by atoms with van der Waals surface area (Å²) in [7, 11) is -7.72. The quantitative estimate of drug-likeness (QED) is 0.639. The summed E-state index contributed by atoms with van der Waals surface area (Å²) in [5.74, 6) is 0.491. The second-order valence-corrected chi connectivity index (χ2v) is 12.4. The van der Waals surface area contributed by atoms with E-state index in [-0.39, 0.29) is 39.3 Å². The number of rotatable bonds is 7. The summed E-state index contributed by atoms with van der Waals surface area (Å²) in [6.07, 6.45) is 1.88. The normalized spacial score (nSPS) is 25.0. The van der Waals surface area contributed by atoms with Gasteiger partial charge in [-0.2, -0.15) is 0 Å². The van der Waals surface area contributed by atoms with E-state index in [0.29, 0.717) is 18.6 Å². The van der Waals surface area contributed by atoms with Gasteiger partial charge in [-0.05, 0) is 55.4 Å². The molecule has 0 radical (unpaired) electrons. The third kappa shape index (κ3) is 3.73. The molecule has 0 saturated heterocycles. The molecule has 2 aliphatic carbocycles. The van der Waals surface area contributed by atoms with E-state index < -0.39 is 25.5 Å². The molecule has 2 unspecified atom stereocenters. The minimum Gasteiger partial charge on any atom is -0.360 e. The van der Waals surface area contributed by atoms with Crippen LogP contribution in [0.2, 0.25) is 0 Å². The van der Waals surface area contributed by atoms with Gasteiger partial charge in [0.15, 0.2) is 5.82 Å². The summed E-state index contributed by atoms with van der Waals surface area (Å²) in [5, 5.41) is 3.59. The smallest absolute Gasteiger partial charge is 0.263 e. The summed E-state index contributed by atoms with van der Waals surface area (Å²) in [5.41, 5.74) is -1.00. The van der Waals surface area contributed by atoms with Crippen molar-refractivity contribution in [2.45, 2.75) is 44.9 Å². The number of anilines is 2. The zero-order valence-corrected chi connectivity index (χ0v) is 19.1. The molecule has 2 N–H and O–H groups in total. The molecular weight excluding hydrogens is 442 g/mol. The van der Waals surface area contributed by atoms with Crippen LogP contribution in [0.15, 0.2) is 39.8 Å². The standard InChI is InChI=1S/C20H25N3O6S2/c1-13-10-18(21-29-13)23-31(27,28)16-6-4-15(5-7-16)22-30(25,26)12-20-9-8-14(11-17(20)24)19(20,2)3/h4-7,10,14,22H,8-9,11-12H2,1-3H3,(H,21,23). The van der Waals surface area contributed by atoms with Crippen molar-refractivity contribution in [3.63, 3.8) is 0 Å². The first-order valence-corrected chi connectivity index (χ1v) is 13.1. The SMILES string of the molecule is Cc1cc(NS(=O)(=O)c2ccc(NS(=O)(=O)CC34CCC(CC3=O)C4(C)C)cc2)no1. The zero-order valence-electron chi connectivity index (χ0n) is 17.5. The van der Waals surface area contributed by atoms with Crippen LogP contribution in [0.1, 0.15) is 38.9 Å². The number of nitrogens with one attached hydrogen (secondary N) is 2. The van der Waals surface area contributed by atoms with Gasteiger partial charge in [-0.25, -0.2) is 16.8 Å². The van der Waals surface area contributed by atoms with Crippen LogP contribution >= 0.6 is 0 Å². The van der Waals surface area contributed by atoms with Crippen molar-refractivity contribution >= 4 is 37.3 Å². The van der Waals surface area contributed by atoms with E-state index in [1.54, 1.807) is 6.92 Å². The molecule has 11 heteroatoms. The van der Waals surface area contributed by atoms with Gasteiger partial charge in [-0.15, -0.1) is 0 Å². The molecule has 0 aliphatic heterocycles. The van der Waals surface area contributed by atoms with Crippen molar-refractivity contribution in [2.75, 3.05) is 15.2 Å². The molecule has 168 valence electrons. The lowest BCUT2D eigenvalue weighted by molar-refractivity contribution is -0.128. The Kier molecular flexibility index (Phi) is 4.97. The van der Waals surface area contributed by atoms with Gasteiger partial charge in [0.05, 0.1) is 16.1 Å². The Morgan fingerprint density at radius 2 is 1.81 bits per heavy atom. The third-order valence-electron chi connectivity index (χ3n) is 6.88. The molecule has 4 rings (SSSR count). The Labute approximate surface area is 181 Å². The van der Waals surface area contributed by atoms with E-state index >= 15 is 0 Å². The lowest BCUT2D eigenvalue weighted by atomic mass is 9.70. The van der Waals surface area contributed by atoms with Crippen molar-refractivity contribution < 1.29 is 26.2 Å². The van der Waals surface area contributed by atoms with Crippen molar-refractivity contribution in [1.29, 1.82) is 0 Å². The van der Waals surface area contributed by atoms with Crippen LogP contribution in [0.25, 0.3) is 0 Å². The van der Waals surface area contributed by atoms with Gasteiger partial charge in [-0.1, -0.05) is 19.0 Å². The van der Waals surface area contributed by atoms with Gasteiger partial charge in [0.1, 0.15) is 11.5 Å². The number of sulfonamides is 2. The van der Waals surface area contributed by atoms with Gasteiger partial charge in [0.25, 0.3) is 10.0 Å². The molecule has 0 spiro atoms. The minimum atomic E-state index is -3.90. The van der Waals surface area contributed by atoms with Crippen molar-refractivity contribution in [3.05, 3.63) is 36.1 Å².